The van der Waals surface area contributed by atoms with Crippen LogP contribution in [0.1, 0.15) is 28.4 Å². The second-order valence-corrected chi connectivity index (χ2v) is 4.99. The van der Waals surface area contributed by atoms with Crippen LogP contribution in [0.2, 0.25) is 0 Å². The van der Waals surface area contributed by atoms with E-state index < -0.39 is 0 Å². The normalized spacial score (nSPS) is 10.2. The quantitative estimate of drug-likeness (QED) is 0.737. The Morgan fingerprint density at radius 1 is 1.38 bits per heavy atom. The van der Waals surface area contributed by atoms with Gasteiger partial charge in [-0.3, -0.25) is 4.79 Å². The van der Waals surface area contributed by atoms with E-state index in [9.17, 15) is 4.79 Å². The molecule has 0 aliphatic rings. The van der Waals surface area contributed by atoms with E-state index in [0.29, 0.717) is 11.5 Å². The zero-order valence-electron chi connectivity index (χ0n) is 10.3. The van der Waals surface area contributed by atoms with Crippen molar-refractivity contribution < 1.29 is 9.53 Å². The monoisotopic (exact) mass is 238 g/mol. The zero-order chi connectivity index (χ0) is 12.1. The standard InChI is InChI=1S/C13H18O2S/c1-5-16-8-11(14)13-10(3)6-9(2)7-12(13)15-4/h6-7H,5,8H2,1-4H3. The molecule has 16 heavy (non-hydrogen) atoms. The van der Waals surface area contributed by atoms with Crippen LogP contribution in [-0.2, 0) is 0 Å². The molecule has 0 saturated heterocycles. The molecule has 3 heteroatoms. The molecule has 0 aliphatic heterocycles. The Kier molecular flexibility index (Phi) is 4.87. The molecule has 0 radical (unpaired) electrons. The number of Topliss-reactive ketones (excluding diaryl/α,β-unsaturated/α-hetero) is 1. The van der Waals surface area contributed by atoms with E-state index in [2.05, 4.69) is 6.92 Å². The van der Waals surface area contributed by atoms with E-state index in [0.717, 1.165) is 22.4 Å². The summed E-state index contributed by atoms with van der Waals surface area (Å²) < 4.78 is 5.28. The predicted octanol–water partition coefficient (Wildman–Crippen LogP) is 3.25. The lowest BCUT2D eigenvalue weighted by molar-refractivity contribution is 0.101. The van der Waals surface area contributed by atoms with Crippen molar-refractivity contribution in [3.63, 3.8) is 0 Å². The van der Waals surface area contributed by atoms with Gasteiger partial charge in [-0.15, -0.1) is 0 Å². The first kappa shape index (κ1) is 13.1. The van der Waals surface area contributed by atoms with Crippen LogP contribution in [0, 0.1) is 13.8 Å². The number of ketones is 1. The molecule has 0 heterocycles. The van der Waals surface area contributed by atoms with Crippen molar-refractivity contribution in [1.82, 2.24) is 0 Å². The summed E-state index contributed by atoms with van der Waals surface area (Å²) in [4.78, 5) is 12.0. The van der Waals surface area contributed by atoms with Crippen LogP contribution in [0.4, 0.5) is 0 Å². The number of aryl methyl sites for hydroxylation is 2. The van der Waals surface area contributed by atoms with Gasteiger partial charge in [0.15, 0.2) is 5.78 Å². The molecule has 0 spiro atoms. The Balaban J connectivity index is 3.06. The average molecular weight is 238 g/mol. The second kappa shape index (κ2) is 5.94. The molecule has 0 aromatic heterocycles. The lowest BCUT2D eigenvalue weighted by atomic mass is 10.0. The molecule has 0 bridgehead atoms. The molecule has 2 nitrogen and oxygen atoms in total. The molecular formula is C13H18O2S. The fourth-order valence-electron chi connectivity index (χ4n) is 1.71. The Morgan fingerprint density at radius 3 is 2.62 bits per heavy atom. The van der Waals surface area contributed by atoms with Gasteiger partial charge in [0, 0.05) is 0 Å². The maximum atomic E-state index is 12.0. The van der Waals surface area contributed by atoms with Gasteiger partial charge in [-0.2, -0.15) is 11.8 Å². The molecular weight excluding hydrogens is 220 g/mol. The molecule has 0 N–H and O–H groups in total. The third kappa shape index (κ3) is 3.01. The lowest BCUT2D eigenvalue weighted by Crippen LogP contribution is -2.08. The summed E-state index contributed by atoms with van der Waals surface area (Å²) in [5, 5.41) is 0. The summed E-state index contributed by atoms with van der Waals surface area (Å²) >= 11 is 1.64. The highest BCUT2D eigenvalue weighted by Gasteiger charge is 2.15. The number of benzene rings is 1. The molecule has 0 fully saturated rings. The van der Waals surface area contributed by atoms with Gasteiger partial charge in [-0.25, -0.2) is 0 Å². The number of thioether (sulfide) groups is 1. The fraction of sp³-hybridized carbons (Fsp3) is 0.462. The highest BCUT2D eigenvalue weighted by atomic mass is 32.2. The first-order chi connectivity index (χ1) is 7.60. The van der Waals surface area contributed by atoms with Gasteiger partial charge in [0.05, 0.1) is 18.4 Å². The van der Waals surface area contributed by atoms with E-state index in [4.69, 9.17) is 4.74 Å². The maximum absolute atomic E-state index is 12.0. The van der Waals surface area contributed by atoms with Gasteiger partial charge in [0.2, 0.25) is 0 Å². The minimum atomic E-state index is 0.154. The van der Waals surface area contributed by atoms with Gasteiger partial charge >= 0.3 is 0 Å². The maximum Gasteiger partial charge on any atom is 0.176 e. The minimum Gasteiger partial charge on any atom is -0.496 e. The lowest BCUT2D eigenvalue weighted by Gasteiger charge is -2.11. The first-order valence-electron chi connectivity index (χ1n) is 5.36. The summed E-state index contributed by atoms with van der Waals surface area (Å²) in [6, 6.07) is 3.93. The number of hydrogen-bond acceptors (Lipinski definition) is 3. The third-order valence-corrected chi connectivity index (χ3v) is 3.25. The van der Waals surface area contributed by atoms with Crippen LogP contribution in [0.3, 0.4) is 0 Å². The van der Waals surface area contributed by atoms with Crippen molar-refractivity contribution in [2.75, 3.05) is 18.6 Å². The third-order valence-electron chi connectivity index (χ3n) is 2.38. The molecule has 0 atom stereocenters. The number of methoxy groups -OCH3 is 1. The second-order valence-electron chi connectivity index (χ2n) is 3.72. The summed E-state index contributed by atoms with van der Waals surface area (Å²) in [5.74, 6) is 2.33. The topological polar surface area (TPSA) is 26.3 Å². The molecule has 0 amide bonds. The molecule has 1 aromatic rings. The van der Waals surface area contributed by atoms with E-state index in [1.165, 1.54) is 0 Å². The average Bonchev–Trinajstić information content (AvgIpc) is 2.24. The SMILES string of the molecule is CCSCC(=O)c1c(C)cc(C)cc1OC. The summed E-state index contributed by atoms with van der Waals surface area (Å²) in [6.45, 7) is 6.01. The Hall–Kier alpha value is -0.960. The van der Waals surface area contributed by atoms with Crippen molar-refractivity contribution >= 4 is 17.5 Å². The molecule has 0 aliphatic carbocycles. The van der Waals surface area contributed by atoms with E-state index in [1.54, 1.807) is 18.9 Å². The van der Waals surface area contributed by atoms with E-state index in [-0.39, 0.29) is 5.78 Å². The van der Waals surface area contributed by atoms with Crippen LogP contribution < -0.4 is 4.74 Å². The molecule has 0 saturated carbocycles. The van der Waals surface area contributed by atoms with Crippen molar-refractivity contribution in [2.24, 2.45) is 0 Å². The number of carbonyl (C=O) groups excluding carboxylic acids is 1. The molecule has 0 unspecified atom stereocenters. The molecule has 1 rings (SSSR count). The number of ether oxygens (including phenoxy) is 1. The summed E-state index contributed by atoms with van der Waals surface area (Å²) in [6.07, 6.45) is 0. The van der Waals surface area contributed by atoms with Crippen LogP contribution in [0.15, 0.2) is 12.1 Å². The van der Waals surface area contributed by atoms with Gasteiger partial charge in [-0.1, -0.05) is 13.0 Å². The van der Waals surface area contributed by atoms with Gasteiger partial charge in [-0.05, 0) is 36.8 Å². The number of hydrogen-bond donors (Lipinski definition) is 0. The zero-order valence-corrected chi connectivity index (χ0v) is 11.1. The van der Waals surface area contributed by atoms with Crippen molar-refractivity contribution in [3.8, 4) is 5.75 Å². The van der Waals surface area contributed by atoms with E-state index >= 15 is 0 Å². The predicted molar refractivity (Wildman–Crippen MR) is 69.8 cm³/mol. The first-order valence-corrected chi connectivity index (χ1v) is 6.51. The molecule has 1 aromatic carbocycles. The smallest absolute Gasteiger partial charge is 0.176 e. The Morgan fingerprint density at radius 2 is 2.06 bits per heavy atom. The fourth-order valence-corrected chi connectivity index (χ4v) is 2.25. The summed E-state index contributed by atoms with van der Waals surface area (Å²) in [5.41, 5.74) is 2.85. The van der Waals surface area contributed by atoms with E-state index in [1.807, 2.05) is 26.0 Å². The minimum absolute atomic E-state index is 0.154. The largest absolute Gasteiger partial charge is 0.496 e. The van der Waals surface area contributed by atoms with Crippen LogP contribution in [-0.4, -0.2) is 24.4 Å². The Bertz CT molecular complexity index is 386. The molecule has 88 valence electrons. The van der Waals surface area contributed by atoms with Gasteiger partial charge in [0.1, 0.15) is 5.75 Å². The highest BCUT2D eigenvalue weighted by molar-refractivity contribution is 7.99. The van der Waals surface area contributed by atoms with Crippen LogP contribution in [0.5, 0.6) is 5.75 Å². The van der Waals surface area contributed by atoms with Crippen molar-refractivity contribution in [2.45, 2.75) is 20.8 Å². The van der Waals surface area contributed by atoms with Gasteiger partial charge < -0.3 is 4.74 Å². The highest BCUT2D eigenvalue weighted by Crippen LogP contribution is 2.25. The van der Waals surface area contributed by atoms with Gasteiger partial charge in [0.25, 0.3) is 0 Å². The number of carbonyl (C=O) groups is 1. The number of rotatable bonds is 5. The van der Waals surface area contributed by atoms with Crippen LogP contribution >= 0.6 is 11.8 Å². The van der Waals surface area contributed by atoms with Crippen molar-refractivity contribution in [3.05, 3.63) is 28.8 Å². The van der Waals surface area contributed by atoms with Crippen molar-refractivity contribution in [1.29, 1.82) is 0 Å². The summed E-state index contributed by atoms with van der Waals surface area (Å²) in [7, 11) is 1.61. The van der Waals surface area contributed by atoms with Crippen LogP contribution in [0.25, 0.3) is 0 Å². The Labute approximate surface area is 101 Å².